The summed E-state index contributed by atoms with van der Waals surface area (Å²) in [6.45, 7) is 2.39. The molecule has 2 N–H and O–H groups in total. The molecule has 1 aromatic rings. The van der Waals surface area contributed by atoms with E-state index in [1.165, 1.54) is 12.1 Å². The molecule has 0 saturated carbocycles. The van der Waals surface area contributed by atoms with Crippen molar-refractivity contribution in [3.05, 3.63) is 30.1 Å². The third kappa shape index (κ3) is 3.01. The summed E-state index contributed by atoms with van der Waals surface area (Å²) >= 11 is 0. The topological polar surface area (TPSA) is 44.4 Å². The lowest BCUT2D eigenvalue weighted by atomic mass is 10.2. The van der Waals surface area contributed by atoms with E-state index in [9.17, 15) is 9.18 Å². The molecule has 1 aromatic carbocycles. The van der Waals surface area contributed by atoms with Gasteiger partial charge in [0.25, 0.3) is 0 Å². The molecule has 1 atom stereocenters. The van der Waals surface area contributed by atoms with E-state index >= 15 is 0 Å². The standard InChI is InChI=1S/C12H16FN3O/c1-16-7-6-14-8-11(16)12(17)15-10-4-2-9(13)3-5-10/h2-5,11,14H,6-8H2,1H3,(H,15,17). The van der Waals surface area contributed by atoms with Gasteiger partial charge in [-0.15, -0.1) is 0 Å². The predicted octanol–water partition coefficient (Wildman–Crippen LogP) is 0.668. The Morgan fingerprint density at radius 3 is 2.82 bits per heavy atom. The van der Waals surface area contributed by atoms with E-state index in [1.54, 1.807) is 12.1 Å². The van der Waals surface area contributed by atoms with Gasteiger partial charge in [0, 0.05) is 25.3 Å². The van der Waals surface area contributed by atoms with Crippen molar-refractivity contribution in [2.75, 3.05) is 32.0 Å². The van der Waals surface area contributed by atoms with Gasteiger partial charge < -0.3 is 10.6 Å². The highest BCUT2D eigenvalue weighted by Gasteiger charge is 2.25. The monoisotopic (exact) mass is 237 g/mol. The van der Waals surface area contributed by atoms with Crippen LogP contribution in [0.2, 0.25) is 0 Å². The zero-order valence-corrected chi connectivity index (χ0v) is 9.74. The Balaban J connectivity index is 1.98. The quantitative estimate of drug-likeness (QED) is 0.794. The smallest absolute Gasteiger partial charge is 0.243 e. The lowest BCUT2D eigenvalue weighted by molar-refractivity contribution is -0.121. The first-order valence-corrected chi connectivity index (χ1v) is 5.64. The molecule has 1 fully saturated rings. The molecule has 1 aliphatic heterocycles. The van der Waals surface area contributed by atoms with Crippen molar-refractivity contribution in [3.8, 4) is 0 Å². The van der Waals surface area contributed by atoms with Crippen LogP contribution < -0.4 is 10.6 Å². The molecule has 2 rings (SSSR count). The van der Waals surface area contributed by atoms with Crippen molar-refractivity contribution in [2.45, 2.75) is 6.04 Å². The second kappa shape index (κ2) is 5.25. The molecule has 0 aliphatic carbocycles. The van der Waals surface area contributed by atoms with Crippen LogP contribution in [0.4, 0.5) is 10.1 Å². The molecule has 4 nitrogen and oxygen atoms in total. The molecule has 1 unspecified atom stereocenters. The molecule has 1 heterocycles. The maximum atomic E-state index is 12.7. The van der Waals surface area contributed by atoms with Gasteiger partial charge in [-0.05, 0) is 31.3 Å². The number of benzene rings is 1. The van der Waals surface area contributed by atoms with E-state index < -0.39 is 0 Å². The van der Waals surface area contributed by atoms with Gasteiger partial charge in [-0.3, -0.25) is 9.69 Å². The van der Waals surface area contributed by atoms with Crippen molar-refractivity contribution < 1.29 is 9.18 Å². The number of carbonyl (C=O) groups excluding carboxylic acids is 1. The zero-order chi connectivity index (χ0) is 12.3. The lowest BCUT2D eigenvalue weighted by Gasteiger charge is -2.31. The van der Waals surface area contributed by atoms with E-state index in [-0.39, 0.29) is 17.8 Å². The van der Waals surface area contributed by atoms with Crippen LogP contribution in [0.15, 0.2) is 24.3 Å². The highest BCUT2D eigenvalue weighted by Crippen LogP contribution is 2.10. The molecule has 1 amide bonds. The molecule has 0 radical (unpaired) electrons. The molecule has 0 spiro atoms. The van der Waals surface area contributed by atoms with Crippen LogP contribution in [0.3, 0.4) is 0 Å². The third-order valence-electron chi connectivity index (χ3n) is 2.93. The number of anilines is 1. The molecular formula is C12H16FN3O. The first-order chi connectivity index (χ1) is 8.16. The van der Waals surface area contributed by atoms with Gasteiger partial charge in [0.05, 0.1) is 0 Å². The van der Waals surface area contributed by atoms with Crippen molar-refractivity contribution in [3.63, 3.8) is 0 Å². The van der Waals surface area contributed by atoms with Crippen LogP contribution in [0.5, 0.6) is 0 Å². The Hall–Kier alpha value is -1.46. The number of piperazine rings is 1. The first-order valence-electron chi connectivity index (χ1n) is 5.64. The highest BCUT2D eigenvalue weighted by atomic mass is 19.1. The SMILES string of the molecule is CN1CCNCC1C(=O)Nc1ccc(F)cc1. The fourth-order valence-corrected chi connectivity index (χ4v) is 1.86. The van der Waals surface area contributed by atoms with Crippen LogP contribution in [0.1, 0.15) is 0 Å². The number of halogens is 1. The van der Waals surface area contributed by atoms with Gasteiger partial charge in [0.1, 0.15) is 11.9 Å². The molecule has 17 heavy (non-hydrogen) atoms. The average molecular weight is 237 g/mol. The third-order valence-corrected chi connectivity index (χ3v) is 2.93. The number of likely N-dealkylation sites (N-methyl/N-ethyl adjacent to an activating group) is 1. The van der Waals surface area contributed by atoms with Crippen LogP contribution in [-0.2, 0) is 4.79 Å². The van der Waals surface area contributed by atoms with Crippen LogP contribution >= 0.6 is 0 Å². The predicted molar refractivity (Wildman–Crippen MR) is 64.3 cm³/mol. The van der Waals surface area contributed by atoms with Gasteiger partial charge in [-0.2, -0.15) is 0 Å². The second-order valence-corrected chi connectivity index (χ2v) is 4.20. The molecule has 0 aromatic heterocycles. The second-order valence-electron chi connectivity index (χ2n) is 4.20. The van der Waals surface area contributed by atoms with Crippen LogP contribution in [-0.4, -0.2) is 43.5 Å². The average Bonchev–Trinajstić information content (AvgIpc) is 2.32. The summed E-state index contributed by atoms with van der Waals surface area (Å²) in [5, 5.41) is 5.96. The summed E-state index contributed by atoms with van der Waals surface area (Å²) in [5.41, 5.74) is 0.621. The van der Waals surface area contributed by atoms with Gasteiger partial charge in [-0.25, -0.2) is 4.39 Å². The minimum Gasteiger partial charge on any atom is -0.325 e. The number of amides is 1. The Morgan fingerprint density at radius 2 is 2.18 bits per heavy atom. The normalized spacial score (nSPS) is 21.2. The van der Waals surface area contributed by atoms with Crippen molar-refractivity contribution in [1.29, 1.82) is 0 Å². The molecule has 0 bridgehead atoms. The zero-order valence-electron chi connectivity index (χ0n) is 9.74. The van der Waals surface area contributed by atoms with Gasteiger partial charge in [0.15, 0.2) is 0 Å². The maximum Gasteiger partial charge on any atom is 0.243 e. The number of hydrogen-bond acceptors (Lipinski definition) is 3. The summed E-state index contributed by atoms with van der Waals surface area (Å²) in [5.74, 6) is -0.370. The van der Waals surface area contributed by atoms with E-state index in [0.29, 0.717) is 12.2 Å². The van der Waals surface area contributed by atoms with Crippen LogP contribution in [0.25, 0.3) is 0 Å². The molecule has 1 aliphatic rings. The lowest BCUT2D eigenvalue weighted by Crippen LogP contribution is -2.54. The van der Waals surface area contributed by atoms with Gasteiger partial charge >= 0.3 is 0 Å². The number of hydrogen-bond donors (Lipinski definition) is 2. The van der Waals surface area contributed by atoms with Crippen molar-refractivity contribution in [1.82, 2.24) is 10.2 Å². The van der Waals surface area contributed by atoms with E-state index in [4.69, 9.17) is 0 Å². The molecule has 1 saturated heterocycles. The molecule has 5 heteroatoms. The largest absolute Gasteiger partial charge is 0.325 e. The van der Waals surface area contributed by atoms with Gasteiger partial charge in [-0.1, -0.05) is 0 Å². The number of nitrogens with one attached hydrogen (secondary N) is 2. The van der Waals surface area contributed by atoms with Gasteiger partial charge in [0.2, 0.25) is 5.91 Å². The van der Waals surface area contributed by atoms with Crippen molar-refractivity contribution in [2.24, 2.45) is 0 Å². The van der Waals surface area contributed by atoms with E-state index in [1.807, 2.05) is 11.9 Å². The summed E-state index contributed by atoms with van der Waals surface area (Å²) in [6, 6.07) is 5.61. The summed E-state index contributed by atoms with van der Waals surface area (Å²) < 4.78 is 12.7. The Labute approximate surface area is 99.8 Å². The highest BCUT2D eigenvalue weighted by molar-refractivity contribution is 5.95. The number of rotatable bonds is 2. The summed E-state index contributed by atoms with van der Waals surface area (Å²) in [4.78, 5) is 14.0. The summed E-state index contributed by atoms with van der Waals surface area (Å²) in [7, 11) is 1.93. The number of carbonyl (C=O) groups is 1. The minimum atomic E-state index is -0.306. The first kappa shape index (κ1) is 12.0. The summed E-state index contributed by atoms with van der Waals surface area (Å²) in [6.07, 6.45) is 0. The van der Waals surface area contributed by atoms with Crippen LogP contribution in [0, 0.1) is 5.82 Å². The molecular weight excluding hydrogens is 221 g/mol. The number of nitrogens with zero attached hydrogens (tertiary/aromatic N) is 1. The fourth-order valence-electron chi connectivity index (χ4n) is 1.86. The Bertz CT molecular complexity index is 393. The van der Waals surface area contributed by atoms with E-state index in [2.05, 4.69) is 10.6 Å². The van der Waals surface area contributed by atoms with Crippen molar-refractivity contribution >= 4 is 11.6 Å². The Morgan fingerprint density at radius 1 is 1.47 bits per heavy atom. The maximum absolute atomic E-state index is 12.7. The van der Waals surface area contributed by atoms with E-state index in [0.717, 1.165) is 13.1 Å². The fraction of sp³-hybridized carbons (Fsp3) is 0.417. The molecule has 92 valence electrons. The Kier molecular flexibility index (Phi) is 3.71. The minimum absolute atomic E-state index is 0.0636.